The van der Waals surface area contributed by atoms with Gasteiger partial charge in [0.15, 0.2) is 5.75 Å². The van der Waals surface area contributed by atoms with Gasteiger partial charge >= 0.3 is 0 Å². The van der Waals surface area contributed by atoms with E-state index in [0.29, 0.717) is 35.8 Å². The Morgan fingerprint density at radius 3 is 2.87 bits per heavy atom. The van der Waals surface area contributed by atoms with Crippen molar-refractivity contribution in [2.75, 3.05) is 26.9 Å². The molecule has 1 aliphatic heterocycles. The number of thiophene rings is 1. The lowest BCUT2D eigenvalue weighted by Crippen LogP contribution is -2.37. The first-order valence-corrected chi connectivity index (χ1v) is 11.4. The zero-order chi connectivity index (χ0) is 21.3. The number of carbonyl (C=O) groups is 1. The van der Waals surface area contributed by atoms with Crippen LogP contribution in [0.3, 0.4) is 0 Å². The first kappa shape index (κ1) is 20.9. The molecular formula is C23H28N2O4S. The van der Waals surface area contributed by atoms with Crippen LogP contribution in [0.15, 0.2) is 29.1 Å². The molecule has 1 fully saturated rings. The van der Waals surface area contributed by atoms with E-state index in [0.717, 1.165) is 41.3 Å². The van der Waals surface area contributed by atoms with E-state index < -0.39 is 0 Å². The number of para-hydroxylation sites is 1. The number of pyridine rings is 1. The Kier molecular flexibility index (Phi) is 6.11. The second-order valence-corrected chi connectivity index (χ2v) is 8.82. The summed E-state index contributed by atoms with van der Waals surface area (Å²) < 4.78 is 13.9. The van der Waals surface area contributed by atoms with E-state index in [1.54, 1.807) is 18.7 Å². The number of ether oxygens (including phenoxy) is 2. The molecule has 1 aliphatic rings. The molecule has 2 aromatic heterocycles. The van der Waals surface area contributed by atoms with Gasteiger partial charge in [-0.05, 0) is 25.3 Å². The number of methoxy groups -OCH3 is 1. The highest BCUT2D eigenvalue weighted by molar-refractivity contribution is 7.22. The van der Waals surface area contributed by atoms with Gasteiger partial charge in [-0.15, -0.1) is 11.3 Å². The fourth-order valence-electron chi connectivity index (χ4n) is 4.23. The number of unbranched alkanes of at least 4 members (excludes halogenated alkanes) is 1. The van der Waals surface area contributed by atoms with Crippen LogP contribution in [0.25, 0.3) is 21.0 Å². The fourth-order valence-corrected chi connectivity index (χ4v) is 5.46. The molecule has 0 saturated carbocycles. The van der Waals surface area contributed by atoms with Crippen molar-refractivity contribution in [3.8, 4) is 5.75 Å². The minimum Gasteiger partial charge on any atom is -0.491 e. The predicted octanol–water partition coefficient (Wildman–Crippen LogP) is 4.18. The van der Waals surface area contributed by atoms with E-state index in [-0.39, 0.29) is 17.5 Å². The quantitative estimate of drug-likeness (QED) is 0.530. The molecule has 4 rings (SSSR count). The molecule has 30 heavy (non-hydrogen) atoms. The Labute approximate surface area is 180 Å². The molecule has 1 unspecified atom stereocenters. The van der Waals surface area contributed by atoms with Crippen LogP contribution in [0, 0.1) is 0 Å². The SMILES string of the molecule is CCCCOc1c(C(=O)N2CCCC2COC)sc2c1c(=O)n(C)c1ccccc21. The van der Waals surface area contributed by atoms with Crippen molar-refractivity contribution in [3.05, 3.63) is 39.5 Å². The van der Waals surface area contributed by atoms with E-state index in [1.807, 2.05) is 29.2 Å². The van der Waals surface area contributed by atoms with Gasteiger partial charge in [-0.25, -0.2) is 0 Å². The fraction of sp³-hybridized carbons (Fsp3) is 0.478. The highest BCUT2D eigenvalue weighted by Gasteiger charge is 2.33. The molecule has 0 radical (unpaired) electrons. The van der Waals surface area contributed by atoms with Gasteiger partial charge < -0.3 is 18.9 Å². The first-order valence-electron chi connectivity index (χ1n) is 10.5. The molecule has 7 heteroatoms. The molecule has 1 amide bonds. The first-order chi connectivity index (χ1) is 14.6. The Hall–Kier alpha value is -2.38. The monoisotopic (exact) mass is 428 g/mol. The number of benzene rings is 1. The maximum atomic E-state index is 13.6. The smallest absolute Gasteiger partial charge is 0.268 e. The van der Waals surface area contributed by atoms with Crippen LogP contribution in [0.1, 0.15) is 42.3 Å². The van der Waals surface area contributed by atoms with E-state index in [1.165, 1.54) is 11.3 Å². The molecule has 0 bridgehead atoms. The van der Waals surface area contributed by atoms with Crippen molar-refractivity contribution in [2.45, 2.75) is 38.6 Å². The molecule has 160 valence electrons. The summed E-state index contributed by atoms with van der Waals surface area (Å²) in [4.78, 5) is 29.3. The third-order valence-corrected chi connectivity index (χ3v) is 7.02. The van der Waals surface area contributed by atoms with E-state index >= 15 is 0 Å². The highest BCUT2D eigenvalue weighted by atomic mass is 32.1. The molecule has 0 N–H and O–H groups in total. The van der Waals surface area contributed by atoms with Crippen molar-refractivity contribution in [1.82, 2.24) is 9.47 Å². The van der Waals surface area contributed by atoms with Gasteiger partial charge in [0.05, 0.1) is 29.5 Å². The predicted molar refractivity (Wildman–Crippen MR) is 121 cm³/mol. The van der Waals surface area contributed by atoms with Gasteiger partial charge in [0.25, 0.3) is 11.5 Å². The van der Waals surface area contributed by atoms with Crippen molar-refractivity contribution in [2.24, 2.45) is 7.05 Å². The normalized spacial score (nSPS) is 16.6. The number of aromatic nitrogens is 1. The zero-order valence-electron chi connectivity index (χ0n) is 17.8. The second kappa shape index (κ2) is 8.78. The summed E-state index contributed by atoms with van der Waals surface area (Å²) in [5, 5.41) is 1.48. The molecular weight excluding hydrogens is 400 g/mol. The van der Waals surface area contributed by atoms with Crippen LogP contribution in [0.5, 0.6) is 5.75 Å². The maximum absolute atomic E-state index is 13.6. The van der Waals surface area contributed by atoms with Crippen LogP contribution in [0.4, 0.5) is 0 Å². The standard InChI is InChI=1S/C23H28N2O4S/c1-4-5-13-29-19-18-20(16-10-6-7-11-17(16)24(2)22(18)26)30-21(19)23(27)25-12-8-9-15(25)14-28-3/h6-7,10-11,15H,4-5,8-9,12-14H2,1-3H3. The van der Waals surface area contributed by atoms with Crippen LogP contribution in [-0.2, 0) is 11.8 Å². The van der Waals surface area contributed by atoms with Gasteiger partial charge in [0.1, 0.15) is 10.3 Å². The van der Waals surface area contributed by atoms with Gasteiger partial charge in [0, 0.05) is 26.1 Å². The van der Waals surface area contributed by atoms with Crippen molar-refractivity contribution in [3.63, 3.8) is 0 Å². The van der Waals surface area contributed by atoms with Crippen molar-refractivity contribution < 1.29 is 14.3 Å². The highest BCUT2D eigenvalue weighted by Crippen LogP contribution is 2.41. The average Bonchev–Trinajstić information content (AvgIpc) is 3.37. The van der Waals surface area contributed by atoms with Gasteiger partial charge in [-0.3, -0.25) is 9.59 Å². The van der Waals surface area contributed by atoms with Crippen LogP contribution < -0.4 is 10.3 Å². The van der Waals surface area contributed by atoms with E-state index in [2.05, 4.69) is 6.92 Å². The van der Waals surface area contributed by atoms with Crippen molar-refractivity contribution in [1.29, 1.82) is 0 Å². The summed E-state index contributed by atoms with van der Waals surface area (Å²) in [6.45, 7) is 3.80. The zero-order valence-corrected chi connectivity index (χ0v) is 18.6. The summed E-state index contributed by atoms with van der Waals surface area (Å²) >= 11 is 1.38. The van der Waals surface area contributed by atoms with Crippen LogP contribution in [-0.4, -0.2) is 48.3 Å². The van der Waals surface area contributed by atoms with Gasteiger partial charge in [0.2, 0.25) is 0 Å². The van der Waals surface area contributed by atoms with Gasteiger partial charge in [-0.2, -0.15) is 0 Å². The van der Waals surface area contributed by atoms with Gasteiger partial charge in [-0.1, -0.05) is 31.5 Å². The van der Waals surface area contributed by atoms with Crippen LogP contribution >= 0.6 is 11.3 Å². The number of aryl methyl sites for hydroxylation is 1. The Morgan fingerprint density at radius 2 is 2.10 bits per heavy atom. The molecule has 0 aliphatic carbocycles. The third kappa shape index (κ3) is 3.50. The Balaban J connectivity index is 1.91. The largest absolute Gasteiger partial charge is 0.491 e. The number of nitrogens with zero attached hydrogens (tertiary/aromatic N) is 2. The summed E-state index contributed by atoms with van der Waals surface area (Å²) in [6.07, 6.45) is 3.74. The number of carbonyl (C=O) groups excluding carboxylic acids is 1. The second-order valence-electron chi connectivity index (χ2n) is 7.80. The summed E-state index contributed by atoms with van der Waals surface area (Å²) in [6, 6.07) is 7.88. The van der Waals surface area contributed by atoms with E-state index in [4.69, 9.17) is 9.47 Å². The molecule has 1 atom stereocenters. The number of hydrogen-bond acceptors (Lipinski definition) is 5. The number of likely N-dealkylation sites (tertiary alicyclic amines) is 1. The maximum Gasteiger partial charge on any atom is 0.268 e. The lowest BCUT2D eigenvalue weighted by Gasteiger charge is -2.24. The van der Waals surface area contributed by atoms with Crippen molar-refractivity contribution >= 4 is 38.2 Å². The number of hydrogen-bond donors (Lipinski definition) is 0. The lowest BCUT2D eigenvalue weighted by atomic mass is 10.1. The number of fused-ring (bicyclic) bond motifs is 3. The molecule has 3 heterocycles. The summed E-state index contributed by atoms with van der Waals surface area (Å²) in [7, 11) is 3.43. The molecule has 0 spiro atoms. The topological polar surface area (TPSA) is 60.8 Å². The Bertz CT molecular complexity index is 1130. The minimum absolute atomic E-state index is 0.0617. The molecule has 1 aromatic carbocycles. The molecule has 1 saturated heterocycles. The third-order valence-electron chi connectivity index (χ3n) is 5.83. The Morgan fingerprint density at radius 1 is 1.30 bits per heavy atom. The summed E-state index contributed by atoms with van der Waals surface area (Å²) in [5.41, 5.74) is 0.731. The molecule has 3 aromatic rings. The summed E-state index contributed by atoms with van der Waals surface area (Å²) in [5.74, 6) is 0.385. The minimum atomic E-state index is -0.125. The average molecular weight is 429 g/mol. The van der Waals surface area contributed by atoms with Crippen LogP contribution in [0.2, 0.25) is 0 Å². The molecule has 6 nitrogen and oxygen atoms in total. The number of rotatable bonds is 7. The van der Waals surface area contributed by atoms with E-state index in [9.17, 15) is 9.59 Å². The number of amides is 1. The lowest BCUT2D eigenvalue weighted by molar-refractivity contribution is 0.0632.